The number of aromatic nitrogens is 5. The van der Waals surface area contributed by atoms with Gasteiger partial charge in [0, 0.05) is 62.5 Å². The van der Waals surface area contributed by atoms with Crippen LogP contribution in [0, 0.1) is 0 Å². The van der Waals surface area contributed by atoms with Crippen LogP contribution in [0.5, 0.6) is 0 Å². The first-order chi connectivity index (χ1) is 18.7. The van der Waals surface area contributed by atoms with Crippen LogP contribution in [-0.2, 0) is 24.8 Å². The fourth-order valence-electron chi connectivity index (χ4n) is 5.91. The highest BCUT2D eigenvalue weighted by Crippen LogP contribution is 2.31. The molecule has 0 radical (unpaired) electrons. The molecule has 1 N–H and O–H groups in total. The van der Waals surface area contributed by atoms with Crippen LogP contribution in [0.4, 0.5) is 0 Å². The van der Waals surface area contributed by atoms with Gasteiger partial charge in [0.05, 0.1) is 24.2 Å². The second-order valence-corrected chi connectivity index (χ2v) is 10.9. The molecule has 10 heteroatoms. The maximum atomic E-state index is 13.4. The number of hydrogen-bond donors (Lipinski definition) is 1. The third-order valence-corrected chi connectivity index (χ3v) is 8.23. The molecule has 3 aromatic heterocycles. The van der Waals surface area contributed by atoms with Crippen LogP contribution in [0.15, 0.2) is 53.8 Å². The number of hydrogen-bond acceptors (Lipinski definition) is 6. The van der Waals surface area contributed by atoms with Gasteiger partial charge in [0.1, 0.15) is 5.52 Å². The monoisotopic (exact) mass is 528 g/mol. The molecule has 1 atom stereocenters. The smallest absolute Gasteiger partial charge is 0.281 e. The molecule has 1 saturated heterocycles. The van der Waals surface area contributed by atoms with Gasteiger partial charge in [-0.1, -0.05) is 12.1 Å². The van der Waals surface area contributed by atoms with E-state index >= 15 is 0 Å². The number of aryl methyl sites for hydroxylation is 2. The minimum absolute atomic E-state index is 0.0623. The Morgan fingerprint density at radius 1 is 1.10 bits per heavy atom. The number of amides is 1. The number of nitrogens with zero attached hydrogens (tertiary/aromatic N) is 6. The van der Waals surface area contributed by atoms with Crippen molar-refractivity contribution in [2.75, 3.05) is 13.1 Å². The molecule has 1 aromatic carbocycles. The molecule has 10 nitrogen and oxygen atoms in total. The first-order valence-electron chi connectivity index (χ1n) is 13.4. The van der Waals surface area contributed by atoms with Crippen LogP contribution in [0.3, 0.4) is 0 Å². The van der Waals surface area contributed by atoms with E-state index in [1.807, 2.05) is 54.2 Å². The van der Waals surface area contributed by atoms with E-state index < -0.39 is 5.60 Å². The maximum absolute atomic E-state index is 13.4. The molecule has 6 rings (SSSR count). The number of piperidine rings is 1. The van der Waals surface area contributed by atoms with Gasteiger partial charge in [0.25, 0.3) is 5.56 Å². The molecule has 4 heterocycles. The van der Waals surface area contributed by atoms with Gasteiger partial charge < -0.3 is 14.6 Å². The molecule has 0 spiro atoms. The van der Waals surface area contributed by atoms with Gasteiger partial charge in [-0.05, 0) is 49.9 Å². The van der Waals surface area contributed by atoms with E-state index in [0.29, 0.717) is 50.7 Å². The van der Waals surface area contributed by atoms with E-state index in [0.717, 1.165) is 22.4 Å². The van der Waals surface area contributed by atoms with Crippen molar-refractivity contribution in [3.8, 4) is 11.3 Å². The van der Waals surface area contributed by atoms with Crippen molar-refractivity contribution < 1.29 is 14.7 Å². The zero-order valence-electron chi connectivity index (χ0n) is 22.2. The van der Waals surface area contributed by atoms with E-state index in [4.69, 9.17) is 0 Å². The Balaban J connectivity index is 1.17. The predicted molar refractivity (Wildman–Crippen MR) is 145 cm³/mol. The molecule has 4 aromatic rings. The van der Waals surface area contributed by atoms with Gasteiger partial charge in [0.2, 0.25) is 5.91 Å². The summed E-state index contributed by atoms with van der Waals surface area (Å²) in [7, 11) is 1.77. The van der Waals surface area contributed by atoms with Crippen molar-refractivity contribution in [1.82, 2.24) is 28.8 Å². The number of benzene rings is 1. The summed E-state index contributed by atoms with van der Waals surface area (Å²) in [6.07, 6.45) is 7.77. The summed E-state index contributed by atoms with van der Waals surface area (Å²) in [5.74, 6) is 0.225. The summed E-state index contributed by atoms with van der Waals surface area (Å²) in [6.45, 7) is 2.98. The van der Waals surface area contributed by atoms with Gasteiger partial charge in [-0.2, -0.15) is 5.10 Å². The summed E-state index contributed by atoms with van der Waals surface area (Å²) >= 11 is 0. The number of ketones is 1. The Morgan fingerprint density at radius 3 is 2.59 bits per heavy atom. The van der Waals surface area contributed by atoms with Crippen molar-refractivity contribution in [3.63, 3.8) is 0 Å². The first-order valence-corrected chi connectivity index (χ1v) is 13.4. The Kier molecular flexibility index (Phi) is 6.22. The second kappa shape index (κ2) is 9.60. The number of carbonyl (C=O) groups excluding carboxylic acids is 2. The van der Waals surface area contributed by atoms with Gasteiger partial charge in [-0.15, -0.1) is 0 Å². The number of rotatable bonds is 6. The van der Waals surface area contributed by atoms with Crippen LogP contribution in [0.25, 0.3) is 22.3 Å². The molecule has 39 heavy (non-hydrogen) atoms. The fraction of sp³-hybridized carbons (Fsp3) is 0.414. The molecule has 0 bridgehead atoms. The lowest BCUT2D eigenvalue weighted by Gasteiger charge is -2.38. The molecular weight excluding hydrogens is 496 g/mol. The Labute approximate surface area is 225 Å². The summed E-state index contributed by atoms with van der Waals surface area (Å²) < 4.78 is 5.09. The molecule has 1 amide bonds. The normalized spacial score (nSPS) is 17.5. The van der Waals surface area contributed by atoms with E-state index in [9.17, 15) is 19.5 Å². The molecule has 0 saturated carbocycles. The SMILES string of the molecule is CC(CC(=O)N1CCC(O)(Cn2cnc3c(-c4ccc5c(c4)CCC5=O)n(C)nc3c2=O)CC1)n1cccc1. The second-order valence-electron chi connectivity index (χ2n) is 10.9. The van der Waals surface area contributed by atoms with Gasteiger partial charge in [-0.25, -0.2) is 4.98 Å². The number of fused-ring (bicyclic) bond motifs is 2. The van der Waals surface area contributed by atoms with Crippen LogP contribution in [0.1, 0.15) is 54.6 Å². The number of aliphatic hydroxyl groups is 1. The number of likely N-dealkylation sites (tertiary alicyclic amines) is 1. The first kappa shape index (κ1) is 25.2. The Hall–Kier alpha value is -4.05. The van der Waals surface area contributed by atoms with Crippen LogP contribution >= 0.6 is 0 Å². The third kappa shape index (κ3) is 4.58. The van der Waals surface area contributed by atoms with E-state index in [1.165, 1.54) is 10.9 Å². The minimum Gasteiger partial charge on any atom is -0.388 e. The lowest BCUT2D eigenvalue weighted by atomic mass is 9.91. The average molecular weight is 529 g/mol. The van der Waals surface area contributed by atoms with E-state index in [2.05, 4.69) is 10.1 Å². The molecule has 202 valence electrons. The van der Waals surface area contributed by atoms with Gasteiger partial charge in [-0.3, -0.25) is 23.6 Å². The largest absolute Gasteiger partial charge is 0.388 e. The number of Topliss-reactive ketones (excluding diaryl/α,β-unsaturated/α-hetero) is 1. The lowest BCUT2D eigenvalue weighted by molar-refractivity contribution is -0.136. The summed E-state index contributed by atoms with van der Waals surface area (Å²) in [6, 6.07) is 9.65. The fourth-order valence-corrected chi connectivity index (χ4v) is 5.91. The molecular formula is C29H32N6O4. The molecule has 1 fully saturated rings. The number of carbonyl (C=O) groups is 2. The highest BCUT2D eigenvalue weighted by Gasteiger charge is 2.35. The van der Waals surface area contributed by atoms with Gasteiger partial charge >= 0.3 is 0 Å². The topological polar surface area (TPSA) is 115 Å². The quantitative estimate of drug-likeness (QED) is 0.412. The zero-order chi connectivity index (χ0) is 27.3. The minimum atomic E-state index is -1.12. The summed E-state index contributed by atoms with van der Waals surface area (Å²) in [5, 5.41) is 15.8. The van der Waals surface area contributed by atoms with Crippen molar-refractivity contribution in [2.45, 2.75) is 57.2 Å². The Morgan fingerprint density at radius 2 is 1.85 bits per heavy atom. The predicted octanol–water partition coefficient (Wildman–Crippen LogP) is 2.73. The standard InChI is InChI=1S/C29H32N6O4/c1-19(33-11-3-4-12-33)15-24(37)34-13-9-29(39,10-14-34)17-35-18-30-25-26(28(35)38)31-32(2)27(25)21-5-7-22-20(16-21)6-8-23(22)36/h3-5,7,11-12,16,18-19,39H,6,8-10,13-15,17H2,1-2H3. The summed E-state index contributed by atoms with van der Waals surface area (Å²) in [5.41, 5.74) is 2.64. The van der Waals surface area contributed by atoms with Crippen LogP contribution in [0.2, 0.25) is 0 Å². The third-order valence-electron chi connectivity index (χ3n) is 8.23. The lowest BCUT2D eigenvalue weighted by Crippen LogP contribution is -2.49. The van der Waals surface area contributed by atoms with E-state index in [1.54, 1.807) is 16.6 Å². The zero-order valence-corrected chi connectivity index (χ0v) is 22.2. The van der Waals surface area contributed by atoms with Crippen molar-refractivity contribution in [1.29, 1.82) is 0 Å². The molecule has 1 unspecified atom stereocenters. The molecule has 2 aliphatic rings. The van der Waals surface area contributed by atoms with Crippen LogP contribution < -0.4 is 5.56 Å². The van der Waals surface area contributed by atoms with Crippen molar-refractivity contribution in [2.24, 2.45) is 7.05 Å². The summed E-state index contributed by atoms with van der Waals surface area (Å²) in [4.78, 5) is 44.7. The van der Waals surface area contributed by atoms with E-state index in [-0.39, 0.29) is 35.4 Å². The van der Waals surface area contributed by atoms with Crippen LogP contribution in [-0.4, -0.2) is 64.3 Å². The van der Waals surface area contributed by atoms with Gasteiger partial charge in [0.15, 0.2) is 11.3 Å². The van der Waals surface area contributed by atoms with Crippen molar-refractivity contribution >= 4 is 22.7 Å². The van der Waals surface area contributed by atoms with Crippen molar-refractivity contribution in [3.05, 3.63) is 70.5 Å². The molecule has 1 aliphatic carbocycles. The highest BCUT2D eigenvalue weighted by atomic mass is 16.3. The average Bonchev–Trinajstić information content (AvgIpc) is 3.65. The Bertz CT molecular complexity index is 1630. The molecule has 1 aliphatic heterocycles. The highest BCUT2D eigenvalue weighted by molar-refractivity contribution is 6.01. The maximum Gasteiger partial charge on any atom is 0.281 e.